The minimum absolute atomic E-state index is 0.0571. The van der Waals surface area contributed by atoms with Gasteiger partial charge < -0.3 is 10.1 Å². The Morgan fingerprint density at radius 1 is 1.33 bits per heavy atom. The van der Waals surface area contributed by atoms with Crippen molar-refractivity contribution in [2.24, 2.45) is 0 Å². The lowest BCUT2D eigenvalue weighted by Crippen LogP contribution is -2.37. The molecule has 0 aliphatic rings. The highest BCUT2D eigenvalue weighted by Crippen LogP contribution is 2.20. The number of nitrogens with one attached hydrogen (secondary N) is 3. The summed E-state index contributed by atoms with van der Waals surface area (Å²) in [5, 5.41) is 17.2. The van der Waals surface area contributed by atoms with Crippen LogP contribution in [0.1, 0.15) is 23.9 Å². The zero-order chi connectivity index (χ0) is 19.2. The summed E-state index contributed by atoms with van der Waals surface area (Å²) in [6, 6.07) is 11.1. The van der Waals surface area contributed by atoms with E-state index in [2.05, 4.69) is 25.9 Å². The molecule has 8 nitrogen and oxygen atoms in total. The molecule has 0 fully saturated rings. The average Bonchev–Trinajstić information content (AvgIpc) is 3.24. The molecular weight excluding hydrogens is 344 g/mol. The highest BCUT2D eigenvalue weighted by molar-refractivity contribution is 5.88. The standard InChI is InChI=1S/C19H24N6O2/c1-13(10-16-11-14(2)23-24-16)21-19(26)22-18-8-9-20-25(18)12-15-6-4-5-7-17(15)27-3/h4-9,11,13H,10,12H2,1-3H3,(H,23,24)(H2,21,22,26)/t13-/m1/s1. The van der Waals surface area contributed by atoms with Crippen molar-refractivity contribution in [2.45, 2.75) is 32.9 Å². The van der Waals surface area contributed by atoms with Gasteiger partial charge in [0, 0.05) is 29.8 Å². The number of ether oxygens (including phenoxy) is 1. The van der Waals surface area contributed by atoms with Crippen molar-refractivity contribution < 1.29 is 9.53 Å². The van der Waals surface area contributed by atoms with Crippen LogP contribution in [0.25, 0.3) is 0 Å². The Bertz CT molecular complexity index is 901. The van der Waals surface area contributed by atoms with Crippen LogP contribution in [0.5, 0.6) is 5.75 Å². The van der Waals surface area contributed by atoms with Gasteiger partial charge in [-0.25, -0.2) is 9.48 Å². The van der Waals surface area contributed by atoms with Crippen LogP contribution in [0.3, 0.4) is 0 Å². The van der Waals surface area contributed by atoms with E-state index < -0.39 is 0 Å². The van der Waals surface area contributed by atoms with E-state index in [1.54, 1.807) is 24.1 Å². The molecule has 0 spiro atoms. The smallest absolute Gasteiger partial charge is 0.320 e. The Labute approximate surface area is 157 Å². The molecule has 3 aromatic rings. The number of rotatable bonds is 7. The van der Waals surface area contributed by atoms with Gasteiger partial charge in [-0.2, -0.15) is 10.2 Å². The van der Waals surface area contributed by atoms with Gasteiger partial charge in [0.25, 0.3) is 0 Å². The molecule has 8 heteroatoms. The molecule has 0 saturated heterocycles. The van der Waals surface area contributed by atoms with E-state index in [1.807, 2.05) is 44.2 Å². The maximum atomic E-state index is 12.3. The van der Waals surface area contributed by atoms with Gasteiger partial charge in [0.2, 0.25) is 0 Å². The molecule has 27 heavy (non-hydrogen) atoms. The van der Waals surface area contributed by atoms with Gasteiger partial charge in [-0.1, -0.05) is 18.2 Å². The van der Waals surface area contributed by atoms with Crippen molar-refractivity contribution in [3.8, 4) is 5.75 Å². The minimum atomic E-state index is -0.281. The Morgan fingerprint density at radius 2 is 2.15 bits per heavy atom. The van der Waals surface area contributed by atoms with Crippen molar-refractivity contribution in [3.63, 3.8) is 0 Å². The van der Waals surface area contributed by atoms with Crippen LogP contribution in [-0.2, 0) is 13.0 Å². The molecule has 0 aliphatic heterocycles. The number of hydrogen-bond acceptors (Lipinski definition) is 4. The molecular formula is C19H24N6O2. The average molecular weight is 368 g/mol. The molecule has 0 unspecified atom stereocenters. The number of methoxy groups -OCH3 is 1. The Morgan fingerprint density at radius 3 is 2.89 bits per heavy atom. The summed E-state index contributed by atoms with van der Waals surface area (Å²) >= 11 is 0. The monoisotopic (exact) mass is 368 g/mol. The first kappa shape index (κ1) is 18.5. The molecule has 1 aromatic carbocycles. The lowest BCUT2D eigenvalue weighted by molar-refractivity contribution is 0.249. The summed E-state index contributed by atoms with van der Waals surface area (Å²) in [7, 11) is 1.64. The number of urea groups is 1. The number of anilines is 1. The molecule has 3 N–H and O–H groups in total. The van der Waals surface area contributed by atoms with E-state index in [1.165, 1.54) is 0 Å². The molecule has 2 aromatic heterocycles. The lowest BCUT2D eigenvalue weighted by atomic mass is 10.2. The fourth-order valence-corrected chi connectivity index (χ4v) is 2.88. The van der Waals surface area contributed by atoms with E-state index in [0.717, 1.165) is 22.7 Å². The predicted octanol–water partition coefficient (Wildman–Crippen LogP) is 2.72. The van der Waals surface area contributed by atoms with Crippen molar-refractivity contribution in [3.05, 3.63) is 59.5 Å². The summed E-state index contributed by atoms with van der Waals surface area (Å²) in [4.78, 5) is 12.3. The molecule has 0 radical (unpaired) electrons. The summed E-state index contributed by atoms with van der Waals surface area (Å²) in [5.74, 6) is 1.40. The molecule has 2 heterocycles. The van der Waals surface area contributed by atoms with Crippen LogP contribution in [0.15, 0.2) is 42.6 Å². The van der Waals surface area contributed by atoms with E-state index in [-0.39, 0.29) is 12.1 Å². The number of aromatic amines is 1. The van der Waals surface area contributed by atoms with Crippen LogP contribution < -0.4 is 15.4 Å². The van der Waals surface area contributed by atoms with Crippen molar-refractivity contribution in [2.75, 3.05) is 12.4 Å². The fourth-order valence-electron chi connectivity index (χ4n) is 2.88. The van der Waals surface area contributed by atoms with Gasteiger partial charge in [0.1, 0.15) is 11.6 Å². The van der Waals surface area contributed by atoms with E-state index in [0.29, 0.717) is 18.8 Å². The third-order valence-electron chi connectivity index (χ3n) is 4.12. The summed E-state index contributed by atoms with van der Waals surface area (Å²) in [6.07, 6.45) is 2.30. The first-order chi connectivity index (χ1) is 13.0. The van der Waals surface area contributed by atoms with Gasteiger partial charge in [0.15, 0.2) is 0 Å². The van der Waals surface area contributed by atoms with Crippen LogP contribution in [0.2, 0.25) is 0 Å². The minimum Gasteiger partial charge on any atom is -0.496 e. The van der Waals surface area contributed by atoms with Gasteiger partial charge in [-0.15, -0.1) is 0 Å². The van der Waals surface area contributed by atoms with Crippen molar-refractivity contribution >= 4 is 11.8 Å². The second-order valence-electron chi connectivity index (χ2n) is 6.43. The van der Waals surface area contributed by atoms with Crippen LogP contribution in [-0.4, -0.2) is 39.2 Å². The predicted molar refractivity (Wildman–Crippen MR) is 103 cm³/mol. The second kappa shape index (κ2) is 8.39. The normalized spacial score (nSPS) is 11.8. The number of benzene rings is 1. The van der Waals surface area contributed by atoms with Crippen molar-refractivity contribution in [1.29, 1.82) is 0 Å². The van der Waals surface area contributed by atoms with Crippen molar-refractivity contribution in [1.82, 2.24) is 25.3 Å². The van der Waals surface area contributed by atoms with Crippen LogP contribution in [0, 0.1) is 6.92 Å². The van der Waals surface area contributed by atoms with Gasteiger partial charge in [0.05, 0.1) is 25.5 Å². The number of carbonyl (C=O) groups excluding carboxylic acids is 1. The number of aryl methyl sites for hydroxylation is 1. The summed E-state index contributed by atoms with van der Waals surface area (Å²) in [6.45, 7) is 4.38. The first-order valence-corrected chi connectivity index (χ1v) is 8.77. The zero-order valence-corrected chi connectivity index (χ0v) is 15.7. The fraction of sp³-hybridized carbons (Fsp3) is 0.316. The first-order valence-electron chi connectivity index (χ1n) is 8.77. The number of para-hydroxylation sites is 1. The highest BCUT2D eigenvalue weighted by atomic mass is 16.5. The SMILES string of the molecule is COc1ccccc1Cn1nccc1NC(=O)N[C@H](C)Cc1cc(C)[nH]n1. The number of aromatic nitrogens is 4. The topological polar surface area (TPSA) is 96.9 Å². The molecule has 2 amide bonds. The zero-order valence-electron chi connectivity index (χ0n) is 15.7. The Hall–Kier alpha value is -3.29. The second-order valence-corrected chi connectivity index (χ2v) is 6.43. The molecule has 3 rings (SSSR count). The maximum Gasteiger partial charge on any atom is 0.320 e. The molecule has 142 valence electrons. The number of carbonyl (C=O) groups is 1. The lowest BCUT2D eigenvalue weighted by Gasteiger charge is -2.15. The third-order valence-corrected chi connectivity index (χ3v) is 4.12. The highest BCUT2D eigenvalue weighted by Gasteiger charge is 2.13. The largest absolute Gasteiger partial charge is 0.496 e. The molecule has 1 atom stereocenters. The number of H-pyrrole nitrogens is 1. The molecule has 0 saturated carbocycles. The van der Waals surface area contributed by atoms with Crippen LogP contribution in [0.4, 0.5) is 10.6 Å². The Kier molecular flexibility index (Phi) is 5.75. The van der Waals surface area contributed by atoms with Gasteiger partial charge in [-0.05, 0) is 26.0 Å². The van der Waals surface area contributed by atoms with E-state index in [4.69, 9.17) is 4.74 Å². The Balaban J connectivity index is 1.59. The number of amides is 2. The summed E-state index contributed by atoms with van der Waals surface area (Å²) < 4.78 is 7.10. The molecule has 0 aliphatic carbocycles. The van der Waals surface area contributed by atoms with E-state index >= 15 is 0 Å². The van der Waals surface area contributed by atoms with Gasteiger partial charge >= 0.3 is 6.03 Å². The third kappa shape index (κ3) is 4.87. The number of nitrogens with zero attached hydrogens (tertiary/aromatic N) is 3. The summed E-state index contributed by atoms with van der Waals surface area (Å²) in [5.41, 5.74) is 2.90. The quantitative estimate of drug-likeness (QED) is 0.597. The number of hydrogen-bond donors (Lipinski definition) is 3. The van der Waals surface area contributed by atoms with Gasteiger partial charge in [-0.3, -0.25) is 10.4 Å². The maximum absolute atomic E-state index is 12.3. The molecule has 0 bridgehead atoms. The van der Waals surface area contributed by atoms with Crippen LogP contribution >= 0.6 is 0 Å². The van der Waals surface area contributed by atoms with E-state index in [9.17, 15) is 4.79 Å².